The lowest BCUT2D eigenvalue weighted by Crippen LogP contribution is -2.29. The van der Waals surface area contributed by atoms with Gasteiger partial charge in [-0.3, -0.25) is 9.59 Å². The molecule has 1 aromatic carbocycles. The molecule has 2 rings (SSSR count). The summed E-state index contributed by atoms with van der Waals surface area (Å²) in [5, 5.41) is 2.71. The summed E-state index contributed by atoms with van der Waals surface area (Å²) in [6, 6.07) is 7.66. The van der Waals surface area contributed by atoms with Crippen molar-refractivity contribution in [2.24, 2.45) is 5.73 Å². The molecule has 1 saturated heterocycles. The molecule has 0 radical (unpaired) electrons. The Morgan fingerprint density at radius 2 is 2.28 bits per heavy atom. The average molecular weight is 247 g/mol. The zero-order valence-electron chi connectivity index (χ0n) is 10.2. The van der Waals surface area contributed by atoms with E-state index in [0.29, 0.717) is 13.0 Å². The fourth-order valence-electron chi connectivity index (χ4n) is 2.03. The summed E-state index contributed by atoms with van der Waals surface area (Å²) in [5.41, 5.74) is 7.09. The fraction of sp³-hybridized carbons (Fsp3) is 0.385. The summed E-state index contributed by atoms with van der Waals surface area (Å²) in [6.07, 6.45) is 1.53. The molecule has 5 heteroatoms. The molecule has 1 aliphatic heterocycles. The molecule has 0 aromatic heterocycles. The number of amides is 2. The second-order valence-electron chi connectivity index (χ2n) is 4.30. The molecule has 1 aromatic rings. The third kappa shape index (κ3) is 2.87. The summed E-state index contributed by atoms with van der Waals surface area (Å²) in [4.78, 5) is 24.5. The first-order chi connectivity index (χ1) is 8.70. The number of nitrogens with one attached hydrogen (secondary N) is 1. The Balaban J connectivity index is 2.05. The number of nitrogens with zero attached hydrogens (tertiary/aromatic N) is 1. The van der Waals surface area contributed by atoms with Crippen molar-refractivity contribution in [3.05, 3.63) is 29.8 Å². The molecule has 1 aliphatic rings. The maximum Gasteiger partial charge on any atom is 0.234 e. The molecule has 96 valence electrons. The summed E-state index contributed by atoms with van der Waals surface area (Å²) in [6.45, 7) is 1.20. The standard InChI is InChI=1S/C13H17N3O2/c14-8-12(17)15-9-10-3-1-4-11(7-10)16-6-2-5-13(16)18/h1,3-4,7H,2,5-6,8-9,14H2,(H,15,17). The Hall–Kier alpha value is -1.88. The number of nitrogens with two attached hydrogens (primary N) is 1. The zero-order chi connectivity index (χ0) is 13.0. The fourth-order valence-corrected chi connectivity index (χ4v) is 2.03. The number of hydrogen-bond donors (Lipinski definition) is 2. The van der Waals surface area contributed by atoms with Crippen LogP contribution in [0.2, 0.25) is 0 Å². The lowest BCUT2D eigenvalue weighted by molar-refractivity contribution is -0.120. The van der Waals surface area contributed by atoms with Crippen LogP contribution in [-0.4, -0.2) is 24.9 Å². The predicted molar refractivity (Wildman–Crippen MR) is 68.9 cm³/mol. The van der Waals surface area contributed by atoms with Gasteiger partial charge in [0.25, 0.3) is 0 Å². The lowest BCUT2D eigenvalue weighted by atomic mass is 10.2. The molecular weight excluding hydrogens is 230 g/mol. The van der Waals surface area contributed by atoms with Gasteiger partial charge in [-0.05, 0) is 24.1 Å². The van der Waals surface area contributed by atoms with E-state index in [-0.39, 0.29) is 18.4 Å². The topological polar surface area (TPSA) is 75.4 Å². The first-order valence-electron chi connectivity index (χ1n) is 6.07. The maximum absolute atomic E-state index is 11.6. The van der Waals surface area contributed by atoms with Crippen LogP contribution in [-0.2, 0) is 16.1 Å². The van der Waals surface area contributed by atoms with Crippen LogP contribution >= 0.6 is 0 Å². The molecule has 0 atom stereocenters. The lowest BCUT2D eigenvalue weighted by Gasteiger charge is -2.16. The third-order valence-corrected chi connectivity index (χ3v) is 2.97. The van der Waals surface area contributed by atoms with Crippen LogP contribution in [0.5, 0.6) is 0 Å². The largest absolute Gasteiger partial charge is 0.351 e. The highest BCUT2D eigenvalue weighted by molar-refractivity contribution is 5.95. The monoisotopic (exact) mass is 247 g/mol. The Labute approximate surface area is 106 Å². The molecule has 5 nitrogen and oxygen atoms in total. The second-order valence-corrected chi connectivity index (χ2v) is 4.30. The number of anilines is 1. The van der Waals surface area contributed by atoms with Crippen LogP contribution in [0.1, 0.15) is 18.4 Å². The van der Waals surface area contributed by atoms with Gasteiger partial charge in [0, 0.05) is 25.2 Å². The van der Waals surface area contributed by atoms with Crippen LogP contribution in [0.15, 0.2) is 24.3 Å². The van der Waals surface area contributed by atoms with Gasteiger partial charge in [0.15, 0.2) is 0 Å². The van der Waals surface area contributed by atoms with E-state index in [1.54, 1.807) is 4.90 Å². The third-order valence-electron chi connectivity index (χ3n) is 2.97. The molecule has 0 saturated carbocycles. The van der Waals surface area contributed by atoms with Crippen LogP contribution in [0.25, 0.3) is 0 Å². The molecule has 0 aliphatic carbocycles. The van der Waals surface area contributed by atoms with E-state index in [0.717, 1.165) is 24.2 Å². The van der Waals surface area contributed by atoms with E-state index < -0.39 is 0 Å². The van der Waals surface area contributed by atoms with E-state index in [4.69, 9.17) is 5.73 Å². The second kappa shape index (κ2) is 5.64. The van der Waals surface area contributed by atoms with Crippen molar-refractivity contribution in [3.63, 3.8) is 0 Å². The van der Waals surface area contributed by atoms with Gasteiger partial charge in [-0.25, -0.2) is 0 Å². The van der Waals surface area contributed by atoms with Crippen LogP contribution in [0, 0.1) is 0 Å². The minimum atomic E-state index is -0.183. The SMILES string of the molecule is NCC(=O)NCc1cccc(N2CCCC2=O)c1. The van der Waals surface area contributed by atoms with Gasteiger partial charge in [0.05, 0.1) is 6.54 Å². The normalized spacial score (nSPS) is 14.9. The van der Waals surface area contributed by atoms with Crippen LogP contribution < -0.4 is 16.0 Å². The van der Waals surface area contributed by atoms with Gasteiger partial charge in [-0.15, -0.1) is 0 Å². The summed E-state index contributed by atoms with van der Waals surface area (Å²) < 4.78 is 0. The highest BCUT2D eigenvalue weighted by atomic mass is 16.2. The van der Waals surface area contributed by atoms with Crippen molar-refractivity contribution in [3.8, 4) is 0 Å². The number of benzene rings is 1. The first-order valence-corrected chi connectivity index (χ1v) is 6.07. The van der Waals surface area contributed by atoms with Gasteiger partial charge >= 0.3 is 0 Å². The van der Waals surface area contributed by atoms with Gasteiger partial charge in [0.2, 0.25) is 11.8 Å². The minimum absolute atomic E-state index is 0.00962. The smallest absolute Gasteiger partial charge is 0.234 e. The highest BCUT2D eigenvalue weighted by Crippen LogP contribution is 2.22. The van der Waals surface area contributed by atoms with Gasteiger partial charge in [0.1, 0.15) is 0 Å². The van der Waals surface area contributed by atoms with Crippen molar-refractivity contribution in [2.45, 2.75) is 19.4 Å². The molecule has 2 amide bonds. The van der Waals surface area contributed by atoms with Gasteiger partial charge in [-0.1, -0.05) is 12.1 Å². The van der Waals surface area contributed by atoms with Gasteiger partial charge in [-0.2, -0.15) is 0 Å². The zero-order valence-corrected chi connectivity index (χ0v) is 10.2. The summed E-state index contributed by atoms with van der Waals surface area (Å²) in [7, 11) is 0. The van der Waals surface area contributed by atoms with Crippen molar-refractivity contribution >= 4 is 17.5 Å². The van der Waals surface area contributed by atoms with Crippen molar-refractivity contribution in [1.29, 1.82) is 0 Å². The predicted octanol–water partition coefficient (Wildman–Crippen LogP) is 0.388. The number of carbonyl (C=O) groups excluding carboxylic acids is 2. The quantitative estimate of drug-likeness (QED) is 0.808. The Morgan fingerprint density at radius 1 is 1.44 bits per heavy atom. The first kappa shape index (κ1) is 12.6. The van der Waals surface area contributed by atoms with Gasteiger partial charge < -0.3 is 16.0 Å². The van der Waals surface area contributed by atoms with Crippen molar-refractivity contribution < 1.29 is 9.59 Å². The van der Waals surface area contributed by atoms with E-state index >= 15 is 0 Å². The Kier molecular flexibility index (Phi) is 3.94. The molecule has 3 N–H and O–H groups in total. The molecule has 0 spiro atoms. The number of hydrogen-bond acceptors (Lipinski definition) is 3. The highest BCUT2D eigenvalue weighted by Gasteiger charge is 2.21. The molecule has 0 bridgehead atoms. The van der Waals surface area contributed by atoms with E-state index in [1.807, 2.05) is 24.3 Å². The summed E-state index contributed by atoms with van der Waals surface area (Å²) in [5.74, 6) is -0.0178. The maximum atomic E-state index is 11.6. The van der Waals surface area contributed by atoms with Crippen molar-refractivity contribution in [1.82, 2.24) is 5.32 Å². The molecule has 0 unspecified atom stereocenters. The molecular formula is C13H17N3O2. The number of rotatable bonds is 4. The Bertz CT molecular complexity index is 459. The Morgan fingerprint density at radius 3 is 2.94 bits per heavy atom. The van der Waals surface area contributed by atoms with E-state index in [2.05, 4.69) is 5.32 Å². The van der Waals surface area contributed by atoms with Crippen LogP contribution in [0.3, 0.4) is 0 Å². The van der Waals surface area contributed by atoms with Crippen molar-refractivity contribution in [2.75, 3.05) is 18.0 Å². The number of carbonyl (C=O) groups is 2. The van der Waals surface area contributed by atoms with Crippen LogP contribution in [0.4, 0.5) is 5.69 Å². The molecule has 18 heavy (non-hydrogen) atoms. The van der Waals surface area contributed by atoms with E-state index in [1.165, 1.54) is 0 Å². The molecule has 1 heterocycles. The van der Waals surface area contributed by atoms with E-state index in [9.17, 15) is 9.59 Å². The average Bonchev–Trinajstić information content (AvgIpc) is 2.82. The minimum Gasteiger partial charge on any atom is -0.351 e. The molecule has 1 fully saturated rings. The summed E-state index contributed by atoms with van der Waals surface area (Å²) >= 11 is 0.